The van der Waals surface area contributed by atoms with Gasteiger partial charge in [0.1, 0.15) is 6.04 Å². The average Bonchev–Trinajstić information content (AvgIpc) is 2.91. The Bertz CT molecular complexity index is 624. The third kappa shape index (κ3) is 3.14. The van der Waals surface area contributed by atoms with Crippen molar-refractivity contribution in [2.24, 2.45) is 0 Å². The van der Waals surface area contributed by atoms with Crippen LogP contribution in [0.4, 0.5) is 0 Å². The second-order valence-electron chi connectivity index (χ2n) is 5.54. The maximum Gasteiger partial charge on any atom is 0.321 e. The van der Waals surface area contributed by atoms with E-state index in [1.54, 1.807) is 0 Å². The van der Waals surface area contributed by atoms with Crippen molar-refractivity contribution in [2.75, 3.05) is 0 Å². The molecule has 0 fully saturated rings. The standard InChI is InChI=1S/C18H19NO2/c20-18(21)17(12-13-6-2-1-3-7-13)19-16-11-10-14-8-4-5-9-15(14)16/h1-9,16-17,19H,10-12H2,(H,20,21)/t16?,17-/m1/s1. The normalized spacial score (nSPS) is 18.2. The fourth-order valence-electron chi connectivity index (χ4n) is 3.04. The van der Waals surface area contributed by atoms with Gasteiger partial charge in [-0.15, -0.1) is 0 Å². The third-order valence-corrected chi connectivity index (χ3v) is 4.12. The lowest BCUT2D eigenvalue weighted by Gasteiger charge is -2.20. The minimum Gasteiger partial charge on any atom is -0.480 e. The molecule has 2 atom stereocenters. The second-order valence-corrected chi connectivity index (χ2v) is 5.54. The van der Waals surface area contributed by atoms with Crippen LogP contribution in [0.1, 0.15) is 29.2 Å². The summed E-state index contributed by atoms with van der Waals surface area (Å²) in [6.07, 6.45) is 2.50. The zero-order valence-corrected chi connectivity index (χ0v) is 11.8. The van der Waals surface area contributed by atoms with Crippen molar-refractivity contribution < 1.29 is 9.90 Å². The first-order valence-electron chi connectivity index (χ1n) is 7.34. The van der Waals surface area contributed by atoms with Gasteiger partial charge < -0.3 is 5.11 Å². The molecule has 3 nitrogen and oxygen atoms in total. The quantitative estimate of drug-likeness (QED) is 0.886. The number of nitrogens with one attached hydrogen (secondary N) is 1. The zero-order valence-electron chi connectivity index (χ0n) is 11.8. The molecule has 2 aromatic carbocycles. The van der Waals surface area contributed by atoms with E-state index in [0.29, 0.717) is 6.42 Å². The number of carboxylic acids is 1. The molecule has 1 aliphatic carbocycles. The summed E-state index contributed by atoms with van der Waals surface area (Å²) in [5, 5.41) is 12.8. The van der Waals surface area contributed by atoms with E-state index in [4.69, 9.17) is 0 Å². The highest BCUT2D eigenvalue weighted by molar-refractivity contribution is 5.74. The van der Waals surface area contributed by atoms with Gasteiger partial charge in [0.2, 0.25) is 0 Å². The van der Waals surface area contributed by atoms with Gasteiger partial charge in [0.05, 0.1) is 0 Å². The van der Waals surface area contributed by atoms with Crippen molar-refractivity contribution in [3.63, 3.8) is 0 Å². The van der Waals surface area contributed by atoms with Gasteiger partial charge in [-0.1, -0.05) is 54.6 Å². The van der Waals surface area contributed by atoms with Crippen LogP contribution < -0.4 is 5.32 Å². The topological polar surface area (TPSA) is 49.3 Å². The fourth-order valence-corrected chi connectivity index (χ4v) is 3.04. The molecule has 0 spiro atoms. The highest BCUT2D eigenvalue weighted by Gasteiger charge is 2.27. The van der Waals surface area contributed by atoms with Crippen molar-refractivity contribution in [2.45, 2.75) is 31.3 Å². The number of fused-ring (bicyclic) bond motifs is 1. The summed E-state index contributed by atoms with van der Waals surface area (Å²) in [7, 11) is 0. The molecule has 0 aromatic heterocycles. The third-order valence-electron chi connectivity index (χ3n) is 4.12. The summed E-state index contributed by atoms with van der Waals surface area (Å²) >= 11 is 0. The zero-order chi connectivity index (χ0) is 14.7. The Balaban J connectivity index is 1.73. The smallest absolute Gasteiger partial charge is 0.321 e. The maximum atomic E-state index is 11.5. The molecule has 2 N–H and O–H groups in total. The van der Waals surface area contributed by atoms with Gasteiger partial charge in [0, 0.05) is 6.04 Å². The van der Waals surface area contributed by atoms with Gasteiger partial charge in [-0.2, -0.15) is 0 Å². The van der Waals surface area contributed by atoms with Gasteiger partial charge in [0.25, 0.3) is 0 Å². The number of carbonyl (C=O) groups is 1. The van der Waals surface area contributed by atoms with Crippen LogP contribution >= 0.6 is 0 Å². The fraction of sp³-hybridized carbons (Fsp3) is 0.278. The summed E-state index contributed by atoms with van der Waals surface area (Å²) in [6.45, 7) is 0. The summed E-state index contributed by atoms with van der Waals surface area (Å²) in [5.74, 6) is -0.789. The first-order valence-corrected chi connectivity index (χ1v) is 7.34. The van der Waals surface area contributed by atoms with Gasteiger partial charge >= 0.3 is 5.97 Å². The molecule has 1 aliphatic rings. The van der Waals surface area contributed by atoms with Crippen LogP contribution in [0.2, 0.25) is 0 Å². The van der Waals surface area contributed by atoms with Gasteiger partial charge in [-0.25, -0.2) is 0 Å². The Kier molecular flexibility index (Phi) is 4.02. The predicted molar refractivity (Wildman–Crippen MR) is 82.2 cm³/mol. The minimum atomic E-state index is -0.789. The van der Waals surface area contributed by atoms with E-state index in [9.17, 15) is 9.90 Å². The van der Waals surface area contributed by atoms with Gasteiger partial charge in [-0.05, 0) is 36.0 Å². The predicted octanol–water partition coefficient (Wildman–Crippen LogP) is 2.96. The monoisotopic (exact) mass is 281 g/mol. The molecule has 0 bridgehead atoms. The van der Waals surface area contributed by atoms with Crippen molar-refractivity contribution in [3.8, 4) is 0 Å². The van der Waals surface area contributed by atoms with E-state index >= 15 is 0 Å². The van der Waals surface area contributed by atoms with Crippen molar-refractivity contribution >= 4 is 5.97 Å². The van der Waals surface area contributed by atoms with Crippen molar-refractivity contribution in [3.05, 3.63) is 71.3 Å². The molecule has 1 unspecified atom stereocenters. The average molecular weight is 281 g/mol. The molecule has 0 saturated carbocycles. The second kappa shape index (κ2) is 6.10. The lowest BCUT2D eigenvalue weighted by Crippen LogP contribution is -2.40. The van der Waals surface area contributed by atoms with Crippen molar-refractivity contribution in [1.82, 2.24) is 5.32 Å². The lowest BCUT2D eigenvalue weighted by molar-refractivity contribution is -0.139. The van der Waals surface area contributed by atoms with E-state index in [0.717, 1.165) is 18.4 Å². The molecule has 2 aromatic rings. The van der Waals surface area contributed by atoms with Gasteiger partial charge in [0.15, 0.2) is 0 Å². The number of carboxylic acid groups (broad SMARTS) is 1. The molecular weight excluding hydrogens is 262 g/mol. The summed E-state index contributed by atoms with van der Waals surface area (Å²) < 4.78 is 0. The lowest BCUT2D eigenvalue weighted by atomic mass is 10.0. The molecule has 0 aliphatic heterocycles. The van der Waals surface area contributed by atoms with E-state index in [2.05, 4.69) is 17.4 Å². The molecule has 3 heteroatoms. The molecule has 0 radical (unpaired) electrons. The molecule has 21 heavy (non-hydrogen) atoms. The van der Waals surface area contributed by atoms with Crippen LogP contribution in [0.25, 0.3) is 0 Å². The summed E-state index contributed by atoms with van der Waals surface area (Å²) in [6, 6.07) is 17.7. The van der Waals surface area contributed by atoms with Gasteiger partial charge in [-0.3, -0.25) is 10.1 Å². The maximum absolute atomic E-state index is 11.5. The van der Waals surface area contributed by atoms with Crippen molar-refractivity contribution in [1.29, 1.82) is 0 Å². The molecule has 3 rings (SSSR count). The number of benzene rings is 2. The van der Waals surface area contributed by atoms with E-state index in [-0.39, 0.29) is 6.04 Å². The highest BCUT2D eigenvalue weighted by Crippen LogP contribution is 2.31. The Labute approximate surface area is 124 Å². The van der Waals surface area contributed by atoms with Crippen LogP contribution in [0.3, 0.4) is 0 Å². The van der Waals surface area contributed by atoms with E-state index < -0.39 is 12.0 Å². The Hall–Kier alpha value is -2.13. The molecular formula is C18H19NO2. The summed E-state index contributed by atoms with van der Waals surface area (Å²) in [5.41, 5.74) is 3.62. The minimum absolute atomic E-state index is 0.144. The molecule has 0 amide bonds. The molecule has 108 valence electrons. The number of aryl methyl sites for hydroxylation is 1. The molecule has 0 heterocycles. The number of hydrogen-bond acceptors (Lipinski definition) is 2. The Morgan fingerprint density at radius 2 is 1.86 bits per heavy atom. The largest absolute Gasteiger partial charge is 0.480 e. The number of rotatable bonds is 5. The van der Waals surface area contributed by atoms with Crippen LogP contribution in [-0.2, 0) is 17.6 Å². The van der Waals surface area contributed by atoms with Crippen LogP contribution in [0, 0.1) is 0 Å². The first kappa shape index (κ1) is 13.8. The molecule has 0 saturated heterocycles. The van der Waals surface area contributed by atoms with E-state index in [1.165, 1.54) is 11.1 Å². The number of aliphatic carboxylic acids is 1. The van der Waals surface area contributed by atoms with Crippen LogP contribution in [0.5, 0.6) is 0 Å². The SMILES string of the molecule is O=C(O)[C@@H](Cc1ccccc1)NC1CCc2ccccc21. The van der Waals surface area contributed by atoms with E-state index in [1.807, 2.05) is 42.5 Å². The Morgan fingerprint density at radius 1 is 1.14 bits per heavy atom. The highest BCUT2D eigenvalue weighted by atomic mass is 16.4. The summed E-state index contributed by atoms with van der Waals surface area (Å²) in [4.78, 5) is 11.5. The first-order chi connectivity index (χ1) is 10.2. The number of hydrogen-bond donors (Lipinski definition) is 2. The Morgan fingerprint density at radius 3 is 2.62 bits per heavy atom. The van der Waals surface area contributed by atoms with Crippen LogP contribution in [0.15, 0.2) is 54.6 Å². The van der Waals surface area contributed by atoms with Crippen LogP contribution in [-0.4, -0.2) is 17.1 Å².